The van der Waals surface area contributed by atoms with Gasteiger partial charge in [-0.3, -0.25) is 24.3 Å². The van der Waals surface area contributed by atoms with Gasteiger partial charge in [0.1, 0.15) is 0 Å². The lowest BCUT2D eigenvalue weighted by Crippen LogP contribution is -2.14. The van der Waals surface area contributed by atoms with Crippen LogP contribution < -0.4 is 0 Å². The number of carbonyl (C=O) groups is 2. The van der Waals surface area contributed by atoms with Gasteiger partial charge in [0.2, 0.25) is 0 Å². The molecule has 0 saturated heterocycles. The first-order chi connectivity index (χ1) is 11.5. The molecule has 6 nitrogen and oxygen atoms in total. The molecule has 3 rings (SSSR count). The molecule has 0 unspecified atom stereocenters. The lowest BCUT2D eigenvalue weighted by Gasteiger charge is -2.08. The van der Waals surface area contributed by atoms with E-state index in [1.165, 1.54) is 22.8 Å². The van der Waals surface area contributed by atoms with Crippen LogP contribution in [0.1, 0.15) is 32.0 Å². The smallest absolute Gasteiger partial charge is 0.272 e. The Bertz CT molecular complexity index is 1000. The first-order valence-corrected chi connectivity index (χ1v) is 7.30. The average Bonchev–Trinajstić information content (AvgIpc) is 2.85. The van der Waals surface area contributed by atoms with Gasteiger partial charge in [0, 0.05) is 33.8 Å². The highest BCUT2D eigenvalue weighted by molar-refractivity contribution is 6.08. The quantitative estimate of drug-likeness (QED) is 0.418. The van der Waals surface area contributed by atoms with Crippen LogP contribution in [0.5, 0.6) is 0 Å². The molecule has 0 aliphatic heterocycles. The minimum atomic E-state index is -0.482. The molecule has 24 heavy (non-hydrogen) atoms. The molecule has 0 bridgehead atoms. The fourth-order valence-corrected chi connectivity index (χ4v) is 2.93. The van der Waals surface area contributed by atoms with Crippen LogP contribution in [0.2, 0.25) is 0 Å². The highest BCUT2D eigenvalue weighted by Gasteiger charge is 2.21. The maximum atomic E-state index is 12.9. The summed E-state index contributed by atoms with van der Waals surface area (Å²) in [7, 11) is 0. The van der Waals surface area contributed by atoms with Crippen LogP contribution in [-0.4, -0.2) is 21.7 Å². The molecule has 1 aromatic heterocycles. The lowest BCUT2D eigenvalue weighted by atomic mass is 10.1. The van der Waals surface area contributed by atoms with Crippen LogP contribution in [0.3, 0.4) is 0 Å². The van der Waals surface area contributed by atoms with Crippen molar-refractivity contribution >= 4 is 28.8 Å². The second kappa shape index (κ2) is 5.73. The summed E-state index contributed by atoms with van der Waals surface area (Å²) in [5, 5.41) is 11.6. The van der Waals surface area contributed by atoms with E-state index in [4.69, 9.17) is 0 Å². The van der Waals surface area contributed by atoms with Crippen LogP contribution in [0.15, 0.2) is 42.5 Å². The van der Waals surface area contributed by atoms with Crippen molar-refractivity contribution in [2.45, 2.75) is 13.8 Å². The molecule has 2 aromatic carbocycles. The third kappa shape index (κ3) is 2.28. The maximum Gasteiger partial charge on any atom is 0.272 e. The average molecular weight is 322 g/mol. The normalized spacial score (nSPS) is 10.8. The van der Waals surface area contributed by atoms with Crippen LogP contribution in [0.4, 0.5) is 5.69 Å². The molecule has 0 saturated carbocycles. The van der Waals surface area contributed by atoms with E-state index in [0.717, 1.165) is 6.29 Å². The van der Waals surface area contributed by atoms with E-state index in [0.29, 0.717) is 33.3 Å². The molecule has 0 spiro atoms. The summed E-state index contributed by atoms with van der Waals surface area (Å²) in [6, 6.07) is 11.4. The van der Waals surface area contributed by atoms with E-state index in [1.807, 2.05) is 0 Å². The summed E-state index contributed by atoms with van der Waals surface area (Å²) in [4.78, 5) is 34.7. The number of rotatable bonds is 3. The highest BCUT2D eigenvalue weighted by atomic mass is 16.6. The number of para-hydroxylation sites is 1. The number of nitro benzene ring substituents is 1. The number of nitro groups is 1. The SMILES string of the molecule is Cc1cc(C(=O)n2c(C)c(C=O)c3ccccc32)ccc1[N+](=O)[O-]. The summed E-state index contributed by atoms with van der Waals surface area (Å²) in [6.07, 6.45) is 0.739. The van der Waals surface area contributed by atoms with Gasteiger partial charge in [-0.2, -0.15) is 0 Å². The molecular formula is C18H14N2O4. The Labute approximate surface area is 137 Å². The molecule has 3 aromatic rings. The predicted molar refractivity (Wildman–Crippen MR) is 89.6 cm³/mol. The van der Waals surface area contributed by atoms with E-state index >= 15 is 0 Å². The van der Waals surface area contributed by atoms with E-state index in [-0.39, 0.29) is 11.6 Å². The maximum absolute atomic E-state index is 12.9. The summed E-state index contributed by atoms with van der Waals surface area (Å²) >= 11 is 0. The minimum Gasteiger partial charge on any atom is -0.298 e. The monoisotopic (exact) mass is 322 g/mol. The van der Waals surface area contributed by atoms with Crippen molar-refractivity contribution in [2.24, 2.45) is 0 Å². The summed E-state index contributed by atoms with van der Waals surface area (Å²) < 4.78 is 1.47. The fraction of sp³-hybridized carbons (Fsp3) is 0.111. The molecule has 0 fully saturated rings. The van der Waals surface area contributed by atoms with E-state index < -0.39 is 4.92 Å². The molecule has 0 aliphatic carbocycles. The Morgan fingerprint density at radius 1 is 1.17 bits per heavy atom. The zero-order valence-corrected chi connectivity index (χ0v) is 13.1. The Kier molecular flexibility index (Phi) is 3.73. The van der Waals surface area contributed by atoms with Gasteiger partial charge in [0.25, 0.3) is 11.6 Å². The van der Waals surface area contributed by atoms with Gasteiger partial charge in [-0.15, -0.1) is 0 Å². The van der Waals surface area contributed by atoms with Crippen LogP contribution in [0.25, 0.3) is 10.9 Å². The van der Waals surface area contributed by atoms with Crippen molar-refractivity contribution in [1.82, 2.24) is 4.57 Å². The third-order valence-electron chi connectivity index (χ3n) is 4.12. The van der Waals surface area contributed by atoms with Crippen molar-refractivity contribution in [3.05, 3.63) is 75.0 Å². The molecule has 1 heterocycles. The predicted octanol–water partition coefficient (Wildman–Crippen LogP) is 3.67. The number of carbonyl (C=O) groups excluding carboxylic acids is 2. The molecule has 0 radical (unpaired) electrons. The first-order valence-electron chi connectivity index (χ1n) is 7.30. The van der Waals surface area contributed by atoms with E-state index in [1.54, 1.807) is 38.1 Å². The largest absolute Gasteiger partial charge is 0.298 e. The van der Waals surface area contributed by atoms with Crippen molar-refractivity contribution < 1.29 is 14.5 Å². The third-order valence-corrected chi connectivity index (χ3v) is 4.12. The Morgan fingerprint density at radius 3 is 2.50 bits per heavy atom. The van der Waals surface area contributed by atoms with Crippen LogP contribution in [-0.2, 0) is 0 Å². The Balaban J connectivity index is 2.20. The summed E-state index contributed by atoms with van der Waals surface area (Å²) in [5.41, 5.74) is 2.37. The Morgan fingerprint density at radius 2 is 1.88 bits per heavy atom. The summed E-state index contributed by atoms with van der Waals surface area (Å²) in [5.74, 6) is -0.324. The zero-order chi connectivity index (χ0) is 17.4. The van der Waals surface area contributed by atoms with E-state index in [9.17, 15) is 19.7 Å². The molecule has 0 aliphatic rings. The van der Waals surface area contributed by atoms with E-state index in [2.05, 4.69) is 0 Å². The van der Waals surface area contributed by atoms with Gasteiger partial charge >= 0.3 is 0 Å². The number of aryl methyl sites for hydroxylation is 1. The molecule has 0 N–H and O–H groups in total. The van der Waals surface area contributed by atoms with Gasteiger partial charge in [0.05, 0.1) is 10.4 Å². The van der Waals surface area contributed by atoms with Crippen molar-refractivity contribution in [3.8, 4) is 0 Å². The Hall–Kier alpha value is -3.28. The van der Waals surface area contributed by atoms with Crippen LogP contribution >= 0.6 is 0 Å². The van der Waals surface area contributed by atoms with Crippen molar-refractivity contribution in [2.75, 3.05) is 0 Å². The number of hydrogen-bond donors (Lipinski definition) is 0. The highest BCUT2D eigenvalue weighted by Crippen LogP contribution is 2.26. The second-order valence-electron chi connectivity index (χ2n) is 5.53. The second-order valence-corrected chi connectivity index (χ2v) is 5.53. The lowest BCUT2D eigenvalue weighted by molar-refractivity contribution is -0.385. The zero-order valence-electron chi connectivity index (χ0n) is 13.1. The number of fused-ring (bicyclic) bond motifs is 1. The standard InChI is InChI=1S/C18H14N2O4/c1-11-9-13(7-8-16(11)20(23)24)18(22)19-12(2)15(10-21)14-5-3-4-6-17(14)19/h3-10H,1-2H3. The molecule has 0 atom stereocenters. The van der Waals surface area contributed by atoms with Gasteiger partial charge in [-0.05, 0) is 32.0 Å². The molecular weight excluding hydrogens is 308 g/mol. The van der Waals surface area contributed by atoms with Crippen LogP contribution in [0, 0.1) is 24.0 Å². The van der Waals surface area contributed by atoms with Gasteiger partial charge in [0.15, 0.2) is 6.29 Å². The number of aromatic nitrogens is 1. The van der Waals surface area contributed by atoms with Gasteiger partial charge in [-0.1, -0.05) is 18.2 Å². The van der Waals surface area contributed by atoms with Crippen molar-refractivity contribution in [1.29, 1.82) is 0 Å². The minimum absolute atomic E-state index is 0.0331. The molecule has 6 heteroatoms. The molecule has 0 amide bonds. The molecule has 120 valence electrons. The number of nitrogens with zero attached hydrogens (tertiary/aromatic N) is 2. The number of hydrogen-bond acceptors (Lipinski definition) is 4. The van der Waals surface area contributed by atoms with Gasteiger partial charge < -0.3 is 0 Å². The first kappa shape index (κ1) is 15.6. The topological polar surface area (TPSA) is 82.2 Å². The summed E-state index contributed by atoms with van der Waals surface area (Å²) in [6.45, 7) is 3.30. The number of benzene rings is 2. The number of aldehydes is 1. The van der Waals surface area contributed by atoms with Gasteiger partial charge in [-0.25, -0.2) is 0 Å². The fourth-order valence-electron chi connectivity index (χ4n) is 2.93. The van der Waals surface area contributed by atoms with Crippen molar-refractivity contribution in [3.63, 3.8) is 0 Å².